The minimum atomic E-state index is -0.687. The molecule has 0 aromatic carbocycles. The number of nitro groups is 1. The van der Waals surface area contributed by atoms with Gasteiger partial charge in [-0.1, -0.05) is 0 Å². The average molecular weight is 220 g/mol. The van der Waals surface area contributed by atoms with Gasteiger partial charge in [-0.2, -0.15) is 0 Å². The van der Waals surface area contributed by atoms with Crippen molar-refractivity contribution >= 4 is 5.91 Å². The number of carbonyl (C=O) groups excluding carboxylic acids is 1. The quantitative estimate of drug-likeness (QED) is 0.402. The summed E-state index contributed by atoms with van der Waals surface area (Å²) in [6.07, 6.45) is 0. The summed E-state index contributed by atoms with van der Waals surface area (Å²) in [6.45, 7) is 0.701. The molecular weight excluding hydrogens is 204 g/mol. The molecule has 0 aromatic heterocycles. The molecular formula is C8H16N2O5. The zero-order valence-electron chi connectivity index (χ0n) is 8.97. The van der Waals surface area contributed by atoms with Crippen molar-refractivity contribution in [1.82, 2.24) is 4.90 Å². The fraction of sp³-hybridized carbons (Fsp3) is 0.875. The van der Waals surface area contributed by atoms with Crippen LogP contribution in [0.2, 0.25) is 0 Å². The van der Waals surface area contributed by atoms with Gasteiger partial charge in [0.25, 0.3) is 12.5 Å². The van der Waals surface area contributed by atoms with Crippen molar-refractivity contribution in [2.24, 2.45) is 0 Å². The lowest BCUT2D eigenvalue weighted by Crippen LogP contribution is -2.39. The minimum absolute atomic E-state index is 0.340. The van der Waals surface area contributed by atoms with E-state index in [0.29, 0.717) is 26.3 Å². The molecule has 0 bridgehead atoms. The number of carbonyl (C=O) groups is 1. The molecule has 1 amide bonds. The van der Waals surface area contributed by atoms with Crippen LogP contribution in [0.25, 0.3) is 0 Å². The van der Waals surface area contributed by atoms with Gasteiger partial charge in [-0.05, 0) is 0 Å². The van der Waals surface area contributed by atoms with Gasteiger partial charge in [-0.15, -0.1) is 0 Å². The van der Waals surface area contributed by atoms with Gasteiger partial charge in [-0.3, -0.25) is 14.9 Å². The van der Waals surface area contributed by atoms with Gasteiger partial charge in [-0.25, -0.2) is 0 Å². The highest BCUT2D eigenvalue weighted by atomic mass is 16.6. The number of hydrogen-bond acceptors (Lipinski definition) is 5. The lowest BCUT2D eigenvalue weighted by molar-refractivity contribution is -0.468. The molecule has 7 nitrogen and oxygen atoms in total. The molecule has 0 atom stereocenters. The number of ether oxygens (including phenoxy) is 2. The van der Waals surface area contributed by atoms with Crippen molar-refractivity contribution in [1.29, 1.82) is 0 Å². The summed E-state index contributed by atoms with van der Waals surface area (Å²) in [7, 11) is 3.01. The molecule has 0 rings (SSSR count). The van der Waals surface area contributed by atoms with E-state index in [-0.39, 0.29) is 0 Å². The van der Waals surface area contributed by atoms with Crippen LogP contribution in [0.1, 0.15) is 0 Å². The molecule has 0 aliphatic carbocycles. The van der Waals surface area contributed by atoms with Crippen LogP contribution in [-0.2, 0) is 14.3 Å². The molecule has 0 unspecified atom stereocenters. The van der Waals surface area contributed by atoms with E-state index in [2.05, 4.69) is 0 Å². The molecule has 0 aliphatic rings. The van der Waals surface area contributed by atoms with Gasteiger partial charge in [0.2, 0.25) is 0 Å². The Kier molecular flexibility index (Phi) is 7.47. The van der Waals surface area contributed by atoms with Crippen molar-refractivity contribution in [3.63, 3.8) is 0 Å². The maximum absolute atomic E-state index is 11.3. The molecule has 0 fully saturated rings. The Balaban J connectivity index is 4.07. The van der Waals surface area contributed by atoms with Gasteiger partial charge in [0.05, 0.1) is 13.2 Å². The van der Waals surface area contributed by atoms with Crippen LogP contribution >= 0.6 is 0 Å². The fourth-order valence-corrected chi connectivity index (χ4v) is 0.975. The molecule has 88 valence electrons. The van der Waals surface area contributed by atoms with E-state index < -0.39 is 17.4 Å². The smallest absolute Gasteiger partial charge is 0.294 e. The van der Waals surface area contributed by atoms with Crippen molar-refractivity contribution < 1.29 is 19.2 Å². The number of nitrogens with zero attached hydrogens (tertiary/aromatic N) is 2. The van der Waals surface area contributed by atoms with E-state index in [1.54, 1.807) is 0 Å². The van der Waals surface area contributed by atoms with Crippen molar-refractivity contribution in [3.05, 3.63) is 10.1 Å². The van der Waals surface area contributed by atoms with Gasteiger partial charge >= 0.3 is 0 Å². The molecule has 7 heteroatoms. The van der Waals surface area contributed by atoms with E-state index in [4.69, 9.17) is 9.47 Å². The first-order valence-corrected chi connectivity index (χ1v) is 4.49. The zero-order valence-corrected chi connectivity index (χ0v) is 8.97. The molecule has 0 aromatic rings. The zero-order chi connectivity index (χ0) is 11.7. The van der Waals surface area contributed by atoms with E-state index in [1.807, 2.05) is 0 Å². The summed E-state index contributed by atoms with van der Waals surface area (Å²) in [5.74, 6) is -0.519. The van der Waals surface area contributed by atoms with Crippen molar-refractivity contribution in [2.45, 2.75) is 0 Å². The highest BCUT2D eigenvalue weighted by molar-refractivity contribution is 5.77. The molecule has 0 heterocycles. The van der Waals surface area contributed by atoms with Gasteiger partial charge < -0.3 is 14.4 Å². The van der Waals surface area contributed by atoms with Crippen LogP contribution in [0.15, 0.2) is 0 Å². The summed E-state index contributed by atoms with van der Waals surface area (Å²) in [6, 6.07) is 0. The summed E-state index contributed by atoms with van der Waals surface area (Å²) in [5, 5.41) is 10.2. The summed E-state index contributed by atoms with van der Waals surface area (Å²) in [5.41, 5.74) is 0. The number of rotatable bonds is 8. The van der Waals surface area contributed by atoms with Gasteiger partial charge in [0.15, 0.2) is 0 Å². The first-order chi connectivity index (χ1) is 7.11. The molecule has 0 N–H and O–H groups in total. The first kappa shape index (κ1) is 13.8. The average Bonchev–Trinajstić information content (AvgIpc) is 2.17. The van der Waals surface area contributed by atoms with Gasteiger partial charge in [0, 0.05) is 32.2 Å². The van der Waals surface area contributed by atoms with Gasteiger partial charge in [0.1, 0.15) is 0 Å². The largest absolute Gasteiger partial charge is 0.383 e. The van der Waals surface area contributed by atoms with E-state index in [0.717, 1.165) is 0 Å². The minimum Gasteiger partial charge on any atom is -0.383 e. The SMILES string of the molecule is COCCN(CCOC)C(=O)C[N+](=O)[O-]. The second-order valence-electron chi connectivity index (χ2n) is 2.86. The normalized spacial score (nSPS) is 10.0. The van der Waals surface area contributed by atoms with Crippen LogP contribution in [0, 0.1) is 10.1 Å². The van der Waals surface area contributed by atoms with Crippen molar-refractivity contribution in [3.8, 4) is 0 Å². The Labute approximate surface area is 88.1 Å². The summed E-state index contributed by atoms with van der Waals surface area (Å²) >= 11 is 0. The molecule has 15 heavy (non-hydrogen) atoms. The lowest BCUT2D eigenvalue weighted by Gasteiger charge is -2.19. The number of methoxy groups -OCH3 is 2. The number of hydrogen-bond donors (Lipinski definition) is 0. The second kappa shape index (κ2) is 8.13. The third-order valence-electron chi connectivity index (χ3n) is 1.75. The van der Waals surface area contributed by atoms with E-state index >= 15 is 0 Å². The maximum Gasteiger partial charge on any atom is 0.294 e. The third-order valence-corrected chi connectivity index (χ3v) is 1.75. The summed E-state index contributed by atoms with van der Waals surface area (Å²) in [4.78, 5) is 22.2. The van der Waals surface area contributed by atoms with Crippen LogP contribution in [0.3, 0.4) is 0 Å². The highest BCUT2D eigenvalue weighted by Gasteiger charge is 2.17. The lowest BCUT2D eigenvalue weighted by atomic mass is 10.4. The fourth-order valence-electron chi connectivity index (χ4n) is 0.975. The molecule has 0 spiro atoms. The summed E-state index contributed by atoms with van der Waals surface area (Å²) < 4.78 is 9.61. The predicted octanol–water partition coefficient (Wildman–Crippen LogP) is -0.615. The van der Waals surface area contributed by atoms with Crippen LogP contribution < -0.4 is 0 Å². The topological polar surface area (TPSA) is 81.9 Å². The Morgan fingerprint density at radius 2 is 1.73 bits per heavy atom. The molecule has 0 saturated carbocycles. The van der Waals surface area contributed by atoms with Crippen molar-refractivity contribution in [2.75, 3.05) is 47.1 Å². The second-order valence-corrected chi connectivity index (χ2v) is 2.86. The Morgan fingerprint density at radius 1 is 1.27 bits per heavy atom. The van der Waals surface area contributed by atoms with E-state index in [1.165, 1.54) is 19.1 Å². The Morgan fingerprint density at radius 3 is 2.07 bits per heavy atom. The van der Waals surface area contributed by atoms with Crippen LogP contribution in [-0.4, -0.2) is 62.8 Å². The van der Waals surface area contributed by atoms with E-state index in [9.17, 15) is 14.9 Å². The Hall–Kier alpha value is -1.21. The predicted molar refractivity (Wildman–Crippen MR) is 52.2 cm³/mol. The standard InChI is InChI=1S/C8H16N2O5/c1-14-5-3-9(4-6-15-2)8(11)7-10(12)13/h3-7H2,1-2H3. The van der Waals surface area contributed by atoms with Crippen LogP contribution in [0.4, 0.5) is 0 Å². The Bertz CT molecular complexity index is 201. The molecule has 0 aliphatic heterocycles. The third kappa shape index (κ3) is 6.81. The maximum atomic E-state index is 11.3. The number of amides is 1. The molecule has 0 saturated heterocycles. The molecule has 0 radical (unpaired) electrons. The monoisotopic (exact) mass is 220 g/mol. The first-order valence-electron chi connectivity index (χ1n) is 4.49. The highest BCUT2D eigenvalue weighted by Crippen LogP contribution is 1.91. The van der Waals surface area contributed by atoms with Crippen LogP contribution in [0.5, 0.6) is 0 Å².